The molecule has 7 heteroatoms. The van der Waals surface area contributed by atoms with E-state index in [1.807, 2.05) is 18.9 Å². The summed E-state index contributed by atoms with van der Waals surface area (Å²) in [5.41, 5.74) is 1.04. The van der Waals surface area contributed by atoms with Crippen molar-refractivity contribution in [2.75, 3.05) is 30.0 Å². The number of anilines is 1. The monoisotopic (exact) mass is 317 g/mol. The van der Waals surface area contributed by atoms with E-state index in [1.165, 1.54) is 4.88 Å². The highest BCUT2D eigenvalue weighted by Crippen LogP contribution is 2.29. The van der Waals surface area contributed by atoms with E-state index >= 15 is 0 Å². The Morgan fingerprint density at radius 2 is 2.25 bits per heavy atom. The number of aryl methyl sites for hydroxylation is 1. The highest BCUT2D eigenvalue weighted by atomic mass is 32.2. The van der Waals surface area contributed by atoms with Crippen molar-refractivity contribution in [3.63, 3.8) is 0 Å². The average molecular weight is 317 g/mol. The fourth-order valence-corrected chi connectivity index (χ4v) is 5.18. The molecule has 2 rings (SSSR count). The lowest BCUT2D eigenvalue weighted by Crippen LogP contribution is -2.32. The highest BCUT2D eigenvalue weighted by molar-refractivity contribution is 7.91. The molecule has 1 aromatic rings. The van der Waals surface area contributed by atoms with E-state index in [2.05, 4.69) is 17.2 Å². The van der Waals surface area contributed by atoms with Crippen molar-refractivity contribution >= 4 is 26.3 Å². The lowest BCUT2D eigenvalue weighted by Gasteiger charge is -2.22. The van der Waals surface area contributed by atoms with E-state index < -0.39 is 9.84 Å². The van der Waals surface area contributed by atoms with Crippen molar-refractivity contribution < 1.29 is 8.42 Å². The standard InChI is InChI=1S/C13H23N3O2S2/c1-4-6-14-8-12-10(2)15-13(19-12)16(3)11-5-7-20(17,18)9-11/h11,14H,4-9H2,1-3H3. The van der Waals surface area contributed by atoms with Gasteiger partial charge < -0.3 is 10.2 Å². The minimum atomic E-state index is -2.85. The number of nitrogens with one attached hydrogen (secondary N) is 1. The Morgan fingerprint density at radius 3 is 2.85 bits per heavy atom. The Morgan fingerprint density at radius 1 is 1.50 bits per heavy atom. The van der Waals surface area contributed by atoms with Crippen LogP contribution in [0.25, 0.3) is 0 Å². The van der Waals surface area contributed by atoms with Crippen LogP contribution in [0.3, 0.4) is 0 Å². The summed E-state index contributed by atoms with van der Waals surface area (Å²) in [6.07, 6.45) is 1.82. The van der Waals surface area contributed by atoms with E-state index in [4.69, 9.17) is 0 Å². The maximum Gasteiger partial charge on any atom is 0.185 e. The van der Waals surface area contributed by atoms with Crippen molar-refractivity contribution in [2.45, 2.75) is 39.3 Å². The molecule has 0 aliphatic carbocycles. The zero-order valence-electron chi connectivity index (χ0n) is 12.3. The molecular weight excluding hydrogens is 294 g/mol. The third-order valence-electron chi connectivity index (χ3n) is 3.65. The van der Waals surface area contributed by atoms with E-state index in [0.717, 1.165) is 30.3 Å². The van der Waals surface area contributed by atoms with Gasteiger partial charge >= 0.3 is 0 Å². The Kier molecular flexibility index (Phi) is 5.04. The molecule has 1 fully saturated rings. The normalized spacial score (nSPS) is 21.2. The van der Waals surface area contributed by atoms with Crippen LogP contribution in [-0.2, 0) is 16.4 Å². The average Bonchev–Trinajstić information content (AvgIpc) is 2.93. The fourth-order valence-electron chi connectivity index (χ4n) is 2.34. The van der Waals surface area contributed by atoms with Gasteiger partial charge in [-0.25, -0.2) is 13.4 Å². The smallest absolute Gasteiger partial charge is 0.185 e. The molecule has 1 N–H and O–H groups in total. The number of thiazole rings is 1. The molecule has 0 aromatic carbocycles. The van der Waals surface area contributed by atoms with E-state index in [-0.39, 0.29) is 11.8 Å². The number of hydrogen-bond donors (Lipinski definition) is 1. The van der Waals surface area contributed by atoms with Crippen molar-refractivity contribution in [2.24, 2.45) is 0 Å². The van der Waals surface area contributed by atoms with Gasteiger partial charge in [-0.15, -0.1) is 11.3 Å². The first kappa shape index (κ1) is 15.7. The zero-order valence-corrected chi connectivity index (χ0v) is 14.0. The molecule has 1 saturated heterocycles. The number of hydrogen-bond acceptors (Lipinski definition) is 6. The molecule has 114 valence electrons. The summed E-state index contributed by atoms with van der Waals surface area (Å²) in [7, 11) is -0.895. The van der Waals surface area contributed by atoms with Crippen LogP contribution in [0.1, 0.15) is 30.3 Å². The largest absolute Gasteiger partial charge is 0.347 e. The zero-order chi connectivity index (χ0) is 14.8. The van der Waals surface area contributed by atoms with Crippen LogP contribution in [0.4, 0.5) is 5.13 Å². The second-order valence-electron chi connectivity index (χ2n) is 5.35. The maximum absolute atomic E-state index is 11.6. The van der Waals surface area contributed by atoms with Crippen LogP contribution in [0, 0.1) is 6.92 Å². The molecule has 1 atom stereocenters. The van der Waals surface area contributed by atoms with Gasteiger partial charge in [0.1, 0.15) is 0 Å². The van der Waals surface area contributed by atoms with Crippen LogP contribution in [0.15, 0.2) is 0 Å². The fraction of sp³-hybridized carbons (Fsp3) is 0.769. The lowest BCUT2D eigenvalue weighted by atomic mass is 10.2. The Hall–Kier alpha value is -0.660. The second-order valence-corrected chi connectivity index (χ2v) is 8.64. The molecule has 0 saturated carbocycles. The van der Waals surface area contributed by atoms with Gasteiger partial charge in [0.25, 0.3) is 0 Å². The summed E-state index contributed by atoms with van der Waals surface area (Å²) in [6.45, 7) is 6.01. The molecule has 0 bridgehead atoms. The number of aromatic nitrogens is 1. The number of rotatable bonds is 6. The van der Waals surface area contributed by atoms with Crippen molar-refractivity contribution in [1.29, 1.82) is 0 Å². The molecule has 1 aliphatic heterocycles. The lowest BCUT2D eigenvalue weighted by molar-refractivity contribution is 0.601. The third kappa shape index (κ3) is 3.71. The van der Waals surface area contributed by atoms with Crippen LogP contribution in [0.5, 0.6) is 0 Å². The molecule has 1 aromatic heterocycles. The minimum absolute atomic E-state index is 0.0713. The first-order valence-corrected chi connectivity index (χ1v) is 9.67. The van der Waals surface area contributed by atoms with Gasteiger partial charge in [0.05, 0.1) is 17.2 Å². The summed E-state index contributed by atoms with van der Waals surface area (Å²) in [6, 6.07) is 0.0713. The third-order valence-corrected chi connectivity index (χ3v) is 6.65. The summed E-state index contributed by atoms with van der Waals surface area (Å²) in [5.74, 6) is 0.558. The Balaban J connectivity index is 2.03. The summed E-state index contributed by atoms with van der Waals surface area (Å²) in [5, 5.41) is 4.31. The van der Waals surface area contributed by atoms with Crippen LogP contribution >= 0.6 is 11.3 Å². The van der Waals surface area contributed by atoms with Gasteiger partial charge in [-0.2, -0.15) is 0 Å². The molecule has 2 heterocycles. The predicted octanol–water partition coefficient (Wildman–Crippen LogP) is 1.57. The first-order chi connectivity index (χ1) is 9.43. The minimum Gasteiger partial charge on any atom is -0.347 e. The second kappa shape index (κ2) is 6.41. The Bertz CT molecular complexity index is 554. The predicted molar refractivity (Wildman–Crippen MR) is 84.3 cm³/mol. The van der Waals surface area contributed by atoms with Gasteiger partial charge in [-0.05, 0) is 26.3 Å². The molecule has 0 amide bonds. The van der Waals surface area contributed by atoms with Crippen molar-refractivity contribution in [3.8, 4) is 0 Å². The van der Waals surface area contributed by atoms with Crippen LogP contribution in [0.2, 0.25) is 0 Å². The molecule has 1 aliphatic rings. The molecule has 20 heavy (non-hydrogen) atoms. The number of nitrogens with zero attached hydrogens (tertiary/aromatic N) is 2. The summed E-state index contributed by atoms with van der Waals surface area (Å²) < 4.78 is 23.1. The molecule has 5 nitrogen and oxygen atoms in total. The van der Waals surface area contributed by atoms with E-state index in [9.17, 15) is 8.42 Å². The van der Waals surface area contributed by atoms with Gasteiger partial charge in [-0.1, -0.05) is 6.92 Å². The maximum atomic E-state index is 11.6. The summed E-state index contributed by atoms with van der Waals surface area (Å²) >= 11 is 1.66. The molecule has 1 unspecified atom stereocenters. The Labute approximate surface area is 125 Å². The van der Waals surface area contributed by atoms with Crippen LogP contribution in [-0.4, -0.2) is 44.5 Å². The molecule has 0 spiro atoms. The highest BCUT2D eigenvalue weighted by Gasteiger charge is 2.32. The van der Waals surface area contributed by atoms with Gasteiger partial charge in [0, 0.05) is 24.5 Å². The summed E-state index contributed by atoms with van der Waals surface area (Å²) in [4.78, 5) is 7.86. The van der Waals surface area contributed by atoms with Crippen molar-refractivity contribution in [3.05, 3.63) is 10.6 Å². The van der Waals surface area contributed by atoms with Crippen LogP contribution < -0.4 is 10.2 Å². The SMILES string of the molecule is CCCNCc1sc(N(C)C2CCS(=O)(=O)C2)nc1C. The van der Waals surface area contributed by atoms with E-state index in [1.54, 1.807) is 11.3 Å². The topological polar surface area (TPSA) is 62.3 Å². The molecule has 0 radical (unpaired) electrons. The van der Waals surface area contributed by atoms with Gasteiger partial charge in [0.2, 0.25) is 0 Å². The van der Waals surface area contributed by atoms with Gasteiger partial charge in [0.15, 0.2) is 15.0 Å². The first-order valence-electron chi connectivity index (χ1n) is 7.03. The molecular formula is C13H23N3O2S2. The van der Waals surface area contributed by atoms with Crippen molar-refractivity contribution in [1.82, 2.24) is 10.3 Å². The quantitative estimate of drug-likeness (QED) is 0.807. The van der Waals surface area contributed by atoms with E-state index in [0.29, 0.717) is 12.2 Å². The van der Waals surface area contributed by atoms with Gasteiger partial charge in [-0.3, -0.25) is 0 Å². The number of sulfone groups is 1.